The summed E-state index contributed by atoms with van der Waals surface area (Å²) in [6.45, 7) is 0. The van der Waals surface area contributed by atoms with Gasteiger partial charge in [-0.25, -0.2) is 9.37 Å². The Morgan fingerprint density at radius 1 is 1.26 bits per heavy atom. The van der Waals surface area contributed by atoms with Crippen molar-refractivity contribution in [1.29, 1.82) is 0 Å². The number of anilines is 1. The van der Waals surface area contributed by atoms with Gasteiger partial charge < -0.3 is 15.4 Å². The molecule has 2 unspecified atom stereocenters. The highest BCUT2D eigenvalue weighted by Crippen LogP contribution is 2.33. The minimum atomic E-state index is -0.439. The molecule has 0 bridgehead atoms. The number of benzene rings is 1. The van der Waals surface area contributed by atoms with Gasteiger partial charge in [0.25, 0.3) is 0 Å². The fourth-order valence-electron chi connectivity index (χ4n) is 3.02. The van der Waals surface area contributed by atoms with Crippen LogP contribution in [0.2, 0.25) is 0 Å². The van der Waals surface area contributed by atoms with Crippen LogP contribution in [0.4, 0.5) is 10.3 Å². The molecule has 1 saturated carbocycles. The van der Waals surface area contributed by atoms with Crippen molar-refractivity contribution in [1.82, 2.24) is 9.55 Å². The first kappa shape index (κ1) is 12.4. The molecule has 1 aliphatic carbocycles. The van der Waals surface area contributed by atoms with E-state index in [9.17, 15) is 9.50 Å². The van der Waals surface area contributed by atoms with Gasteiger partial charge in [0, 0.05) is 0 Å². The third-order valence-electron chi connectivity index (χ3n) is 3.97. The second kappa shape index (κ2) is 4.81. The van der Waals surface area contributed by atoms with Crippen molar-refractivity contribution >= 4 is 17.0 Å². The lowest BCUT2D eigenvalue weighted by Gasteiger charge is -2.23. The minimum absolute atomic E-state index is 0.103. The summed E-state index contributed by atoms with van der Waals surface area (Å²) >= 11 is 0. The number of halogens is 1. The van der Waals surface area contributed by atoms with Gasteiger partial charge in [-0.2, -0.15) is 0 Å². The molecular weight excluding hydrogens is 245 g/mol. The molecule has 0 amide bonds. The highest BCUT2D eigenvalue weighted by Gasteiger charge is 2.27. The number of hydrogen-bond acceptors (Lipinski definition) is 3. The van der Waals surface area contributed by atoms with Crippen LogP contribution in [0, 0.1) is 5.82 Å². The number of aliphatic hydroxyl groups excluding tert-OH is 1. The lowest BCUT2D eigenvalue weighted by atomic mass is 10.1. The van der Waals surface area contributed by atoms with Crippen molar-refractivity contribution in [2.24, 2.45) is 0 Å². The zero-order valence-corrected chi connectivity index (χ0v) is 10.7. The number of para-hydroxylation sites is 1. The molecule has 1 heterocycles. The van der Waals surface area contributed by atoms with Gasteiger partial charge in [0.2, 0.25) is 5.95 Å². The van der Waals surface area contributed by atoms with Gasteiger partial charge in [-0.3, -0.25) is 0 Å². The quantitative estimate of drug-likeness (QED) is 0.777. The maximum atomic E-state index is 13.7. The molecule has 1 fully saturated rings. The van der Waals surface area contributed by atoms with Crippen molar-refractivity contribution in [2.75, 3.05) is 5.73 Å². The molecule has 4 nitrogen and oxygen atoms in total. The van der Waals surface area contributed by atoms with Crippen molar-refractivity contribution in [3.63, 3.8) is 0 Å². The summed E-state index contributed by atoms with van der Waals surface area (Å²) in [5.74, 6) is -0.0860. The topological polar surface area (TPSA) is 64.1 Å². The Morgan fingerprint density at radius 3 is 2.89 bits per heavy atom. The van der Waals surface area contributed by atoms with E-state index in [4.69, 9.17) is 5.73 Å². The second-order valence-electron chi connectivity index (χ2n) is 5.22. The predicted octanol–water partition coefficient (Wildman–Crippen LogP) is 2.62. The van der Waals surface area contributed by atoms with Crippen molar-refractivity contribution in [3.8, 4) is 0 Å². The molecule has 2 atom stereocenters. The normalized spacial score (nSPS) is 24.5. The van der Waals surface area contributed by atoms with E-state index >= 15 is 0 Å². The smallest absolute Gasteiger partial charge is 0.201 e. The predicted molar refractivity (Wildman–Crippen MR) is 72.2 cm³/mol. The maximum Gasteiger partial charge on any atom is 0.201 e. The van der Waals surface area contributed by atoms with E-state index in [2.05, 4.69) is 4.98 Å². The molecule has 1 aromatic carbocycles. The molecule has 2 aromatic rings. The van der Waals surface area contributed by atoms with Crippen molar-refractivity contribution < 1.29 is 9.50 Å². The third kappa shape index (κ3) is 2.08. The molecule has 102 valence electrons. The molecule has 3 N–H and O–H groups in total. The molecule has 5 heteroatoms. The maximum absolute atomic E-state index is 13.7. The molecular formula is C14H18FN3O. The first-order valence-electron chi connectivity index (χ1n) is 6.78. The van der Waals surface area contributed by atoms with Crippen LogP contribution in [-0.2, 0) is 0 Å². The molecule has 1 aromatic heterocycles. The first-order chi connectivity index (χ1) is 9.18. The summed E-state index contributed by atoms with van der Waals surface area (Å²) in [5.41, 5.74) is 6.90. The summed E-state index contributed by atoms with van der Waals surface area (Å²) in [5, 5.41) is 10.3. The summed E-state index contributed by atoms with van der Waals surface area (Å²) in [7, 11) is 0. The Kier molecular flexibility index (Phi) is 3.14. The standard InChI is InChI=1S/C14H18FN3O/c15-9-5-4-7-11-13(9)17-14(16)18(11)10-6-2-1-3-8-12(10)19/h4-5,7,10,12,19H,1-3,6,8H2,(H2,16,17). The summed E-state index contributed by atoms with van der Waals surface area (Å²) in [4.78, 5) is 4.11. The minimum Gasteiger partial charge on any atom is -0.391 e. The Hall–Kier alpha value is -1.62. The largest absolute Gasteiger partial charge is 0.391 e. The third-order valence-corrected chi connectivity index (χ3v) is 3.97. The molecule has 3 rings (SSSR count). The molecule has 0 saturated heterocycles. The average molecular weight is 263 g/mol. The van der Waals surface area contributed by atoms with E-state index in [1.54, 1.807) is 16.7 Å². The van der Waals surface area contributed by atoms with Gasteiger partial charge in [-0.15, -0.1) is 0 Å². The highest BCUT2D eigenvalue weighted by atomic mass is 19.1. The number of rotatable bonds is 1. The number of nitrogens with two attached hydrogens (primary N) is 1. The van der Waals surface area contributed by atoms with Gasteiger partial charge in [0.1, 0.15) is 5.52 Å². The van der Waals surface area contributed by atoms with Crippen LogP contribution < -0.4 is 5.73 Å². The van der Waals surface area contributed by atoms with Crippen molar-refractivity contribution in [2.45, 2.75) is 44.2 Å². The summed E-state index contributed by atoms with van der Waals surface area (Å²) in [6.07, 6.45) is 4.38. The Labute approximate surface area is 111 Å². The van der Waals surface area contributed by atoms with Crippen molar-refractivity contribution in [3.05, 3.63) is 24.0 Å². The van der Waals surface area contributed by atoms with E-state index in [1.807, 2.05) is 0 Å². The monoisotopic (exact) mass is 263 g/mol. The second-order valence-corrected chi connectivity index (χ2v) is 5.22. The number of aromatic nitrogens is 2. The Balaban J connectivity index is 2.13. The zero-order valence-electron chi connectivity index (χ0n) is 10.7. The number of aliphatic hydroxyl groups is 1. The van der Waals surface area contributed by atoms with Gasteiger partial charge in [0.15, 0.2) is 5.82 Å². The van der Waals surface area contributed by atoms with Gasteiger partial charge >= 0.3 is 0 Å². The fourth-order valence-corrected chi connectivity index (χ4v) is 3.02. The van der Waals surface area contributed by atoms with Crippen LogP contribution in [0.1, 0.15) is 38.1 Å². The van der Waals surface area contributed by atoms with E-state index in [0.717, 1.165) is 32.1 Å². The molecule has 0 radical (unpaired) electrons. The van der Waals surface area contributed by atoms with Crippen LogP contribution in [0.15, 0.2) is 18.2 Å². The molecule has 0 aliphatic heterocycles. The summed E-state index contributed by atoms with van der Waals surface area (Å²) < 4.78 is 15.5. The average Bonchev–Trinajstić information content (AvgIpc) is 2.57. The van der Waals surface area contributed by atoms with E-state index in [0.29, 0.717) is 5.52 Å². The van der Waals surface area contributed by atoms with Crippen LogP contribution in [0.25, 0.3) is 11.0 Å². The number of hydrogen-bond donors (Lipinski definition) is 2. The number of fused-ring (bicyclic) bond motifs is 1. The van der Waals surface area contributed by atoms with Crippen LogP contribution in [-0.4, -0.2) is 20.8 Å². The van der Waals surface area contributed by atoms with Gasteiger partial charge in [-0.1, -0.05) is 25.3 Å². The first-order valence-corrected chi connectivity index (χ1v) is 6.78. The number of nitrogen functional groups attached to an aromatic ring is 1. The highest BCUT2D eigenvalue weighted by molar-refractivity contribution is 5.79. The van der Waals surface area contributed by atoms with E-state index in [-0.39, 0.29) is 23.3 Å². The molecule has 1 aliphatic rings. The molecule has 19 heavy (non-hydrogen) atoms. The lowest BCUT2D eigenvalue weighted by molar-refractivity contribution is 0.108. The Bertz CT molecular complexity index is 596. The fraction of sp³-hybridized carbons (Fsp3) is 0.500. The SMILES string of the molecule is Nc1nc2c(F)cccc2n1C1CCCCCC1O. The van der Waals surface area contributed by atoms with Crippen LogP contribution >= 0.6 is 0 Å². The lowest BCUT2D eigenvalue weighted by Crippen LogP contribution is -2.24. The van der Waals surface area contributed by atoms with Crippen LogP contribution in [0.3, 0.4) is 0 Å². The Morgan fingerprint density at radius 2 is 2.05 bits per heavy atom. The number of nitrogens with zero attached hydrogens (tertiary/aromatic N) is 2. The molecule has 0 spiro atoms. The summed E-state index contributed by atoms with van der Waals surface area (Å²) in [6, 6.07) is 4.73. The van der Waals surface area contributed by atoms with Crippen LogP contribution in [0.5, 0.6) is 0 Å². The van der Waals surface area contributed by atoms with Gasteiger partial charge in [-0.05, 0) is 25.0 Å². The number of imidazole rings is 1. The zero-order chi connectivity index (χ0) is 13.4. The van der Waals surface area contributed by atoms with E-state index in [1.165, 1.54) is 6.07 Å². The van der Waals surface area contributed by atoms with E-state index < -0.39 is 6.10 Å². The van der Waals surface area contributed by atoms with Gasteiger partial charge in [0.05, 0.1) is 17.7 Å².